The van der Waals surface area contributed by atoms with Gasteiger partial charge in [-0.25, -0.2) is 0 Å². The number of carbonyl (C=O) groups is 2. The Morgan fingerprint density at radius 3 is 2.65 bits per heavy atom. The third-order valence-electron chi connectivity index (χ3n) is 6.38. The van der Waals surface area contributed by atoms with E-state index in [4.69, 9.17) is 9.84 Å². The molecule has 0 radical (unpaired) electrons. The number of aliphatic hydroxyl groups is 2. The van der Waals surface area contributed by atoms with E-state index in [9.17, 15) is 19.8 Å². The number of unbranched alkanes of at least 4 members (excludes halogenated alkanes) is 3. The molecule has 0 saturated heterocycles. The van der Waals surface area contributed by atoms with E-state index in [1.165, 1.54) is 5.56 Å². The Kier molecular flexibility index (Phi) is 11.2. The average molecular weight is 435 g/mol. The van der Waals surface area contributed by atoms with Crippen LogP contribution in [-0.4, -0.2) is 53.0 Å². The first-order valence-corrected chi connectivity index (χ1v) is 11.6. The molecule has 3 N–H and O–H groups in total. The highest BCUT2D eigenvalue weighted by atomic mass is 16.5. The first-order chi connectivity index (χ1) is 14.9. The molecule has 0 unspecified atom stereocenters. The summed E-state index contributed by atoms with van der Waals surface area (Å²) in [5.74, 6) is -0.869. The van der Waals surface area contributed by atoms with Crippen molar-refractivity contribution in [3.8, 4) is 0 Å². The first kappa shape index (κ1) is 25.5. The van der Waals surface area contributed by atoms with Crippen LogP contribution >= 0.6 is 0 Å². The predicted octanol–water partition coefficient (Wildman–Crippen LogP) is 3.55. The molecule has 1 fully saturated rings. The number of rotatable bonds is 15. The Morgan fingerprint density at radius 2 is 1.90 bits per heavy atom. The first-order valence-electron chi connectivity index (χ1n) is 11.6. The van der Waals surface area contributed by atoms with Crippen LogP contribution in [-0.2, 0) is 27.2 Å². The van der Waals surface area contributed by atoms with Crippen LogP contribution in [0.15, 0.2) is 24.3 Å². The zero-order valence-corrected chi connectivity index (χ0v) is 18.7. The minimum atomic E-state index is -0.769. The molecule has 0 bridgehead atoms. The summed E-state index contributed by atoms with van der Waals surface area (Å²) < 4.78 is 5.12. The van der Waals surface area contributed by atoms with Crippen LogP contribution in [0, 0.1) is 11.8 Å². The Bertz CT molecular complexity index is 688. The maximum Gasteiger partial charge on any atom is 0.303 e. The number of Topliss-reactive ketones (excluding diaryl/α,β-unsaturated/α-hetero) is 1. The maximum atomic E-state index is 12.4. The van der Waals surface area contributed by atoms with Gasteiger partial charge >= 0.3 is 5.97 Å². The largest absolute Gasteiger partial charge is 0.481 e. The summed E-state index contributed by atoms with van der Waals surface area (Å²) in [6, 6.07) is 8.17. The molecule has 6 heteroatoms. The highest BCUT2D eigenvalue weighted by molar-refractivity contribution is 5.84. The van der Waals surface area contributed by atoms with E-state index in [1.54, 1.807) is 7.11 Å². The van der Waals surface area contributed by atoms with E-state index in [1.807, 2.05) is 12.1 Å². The Hall–Kier alpha value is -1.76. The molecule has 1 aromatic rings. The maximum absolute atomic E-state index is 12.4. The highest BCUT2D eigenvalue weighted by Crippen LogP contribution is 2.36. The van der Waals surface area contributed by atoms with Crippen LogP contribution in [0.3, 0.4) is 0 Å². The van der Waals surface area contributed by atoms with Gasteiger partial charge in [-0.05, 0) is 55.6 Å². The summed E-state index contributed by atoms with van der Waals surface area (Å²) >= 11 is 0. The summed E-state index contributed by atoms with van der Waals surface area (Å²) in [7, 11) is 1.68. The molecule has 2 rings (SSSR count). The minimum Gasteiger partial charge on any atom is -0.481 e. The summed E-state index contributed by atoms with van der Waals surface area (Å²) in [5, 5.41) is 29.6. The van der Waals surface area contributed by atoms with Crippen molar-refractivity contribution in [2.45, 2.75) is 82.8 Å². The molecular formula is C25H38O6. The number of aliphatic hydroxyl groups excluding tert-OH is 2. The molecule has 0 aromatic heterocycles. The molecule has 0 amide bonds. The van der Waals surface area contributed by atoms with Gasteiger partial charge in [-0.2, -0.15) is 0 Å². The number of carboxylic acid groups (broad SMARTS) is 1. The number of ketones is 1. The monoisotopic (exact) mass is 434 g/mol. The quantitative estimate of drug-likeness (QED) is 0.365. The second-order valence-electron chi connectivity index (χ2n) is 8.85. The topological polar surface area (TPSA) is 104 Å². The fraction of sp³-hybridized carbons (Fsp3) is 0.680. The highest BCUT2D eigenvalue weighted by Gasteiger charge is 2.40. The van der Waals surface area contributed by atoms with Crippen molar-refractivity contribution in [3.63, 3.8) is 0 Å². The van der Waals surface area contributed by atoms with E-state index in [2.05, 4.69) is 12.1 Å². The summed E-state index contributed by atoms with van der Waals surface area (Å²) in [6.07, 6.45) is 5.92. The van der Waals surface area contributed by atoms with Gasteiger partial charge in [0.15, 0.2) is 0 Å². The lowest BCUT2D eigenvalue weighted by Gasteiger charge is -2.22. The third kappa shape index (κ3) is 9.09. The molecule has 1 aliphatic carbocycles. The van der Waals surface area contributed by atoms with Crippen molar-refractivity contribution in [3.05, 3.63) is 35.4 Å². The van der Waals surface area contributed by atoms with E-state index in [0.717, 1.165) is 37.7 Å². The number of benzene rings is 1. The van der Waals surface area contributed by atoms with Crippen molar-refractivity contribution >= 4 is 11.8 Å². The van der Waals surface area contributed by atoms with Gasteiger partial charge < -0.3 is 20.1 Å². The standard InChI is InChI=1S/C25H38O6/c1-31-14-13-18-7-6-8-19(15-18)16-20(26)11-12-22-21(23(27)17-24(22)28)9-4-2-3-5-10-25(29)30/h6-8,15,20-22,24,26,28H,2-5,9-14,16-17H2,1H3,(H,29,30)/t20-,21+,22+,24+/m0/s1. The Balaban J connectivity index is 1.77. The second kappa shape index (κ2) is 13.6. The Labute approximate surface area is 185 Å². The molecular weight excluding hydrogens is 396 g/mol. The number of hydrogen-bond acceptors (Lipinski definition) is 5. The van der Waals surface area contributed by atoms with Crippen molar-refractivity contribution in [1.29, 1.82) is 0 Å². The number of aliphatic carboxylic acids is 1. The summed E-state index contributed by atoms with van der Waals surface area (Å²) in [4.78, 5) is 22.9. The lowest BCUT2D eigenvalue weighted by molar-refractivity contribution is -0.137. The van der Waals surface area contributed by atoms with Crippen LogP contribution in [0.5, 0.6) is 0 Å². The zero-order chi connectivity index (χ0) is 22.6. The SMILES string of the molecule is COCCc1cccc(C[C@@H](O)CC[C@H]2[C@H](O)CC(=O)[C@@H]2CCCCCCC(=O)O)c1. The molecule has 0 heterocycles. The average Bonchev–Trinajstić information content (AvgIpc) is 2.99. The Morgan fingerprint density at radius 1 is 1.16 bits per heavy atom. The van der Waals surface area contributed by atoms with Crippen LogP contribution in [0.4, 0.5) is 0 Å². The van der Waals surface area contributed by atoms with Gasteiger partial charge in [-0.1, -0.05) is 43.5 Å². The molecule has 1 aromatic carbocycles. The van der Waals surface area contributed by atoms with Gasteiger partial charge in [-0.3, -0.25) is 9.59 Å². The van der Waals surface area contributed by atoms with Gasteiger partial charge in [0.2, 0.25) is 0 Å². The molecule has 1 aliphatic rings. The number of carbonyl (C=O) groups excluding carboxylic acids is 1. The van der Waals surface area contributed by atoms with E-state index in [0.29, 0.717) is 32.3 Å². The van der Waals surface area contributed by atoms with Gasteiger partial charge in [-0.15, -0.1) is 0 Å². The molecule has 31 heavy (non-hydrogen) atoms. The van der Waals surface area contributed by atoms with Gasteiger partial charge in [0.25, 0.3) is 0 Å². The third-order valence-corrected chi connectivity index (χ3v) is 6.38. The zero-order valence-electron chi connectivity index (χ0n) is 18.7. The summed E-state index contributed by atoms with van der Waals surface area (Å²) in [5.41, 5.74) is 2.27. The van der Waals surface area contributed by atoms with Crippen LogP contribution in [0.1, 0.15) is 68.9 Å². The number of carboxylic acids is 1. The van der Waals surface area contributed by atoms with Crippen LogP contribution in [0.2, 0.25) is 0 Å². The smallest absolute Gasteiger partial charge is 0.303 e. The van der Waals surface area contributed by atoms with Gasteiger partial charge in [0.1, 0.15) is 5.78 Å². The van der Waals surface area contributed by atoms with Crippen molar-refractivity contribution in [1.82, 2.24) is 0 Å². The van der Waals surface area contributed by atoms with E-state index in [-0.39, 0.29) is 30.5 Å². The molecule has 0 aliphatic heterocycles. The van der Waals surface area contributed by atoms with E-state index < -0.39 is 18.2 Å². The van der Waals surface area contributed by atoms with Crippen molar-refractivity contribution < 1.29 is 29.6 Å². The van der Waals surface area contributed by atoms with Crippen LogP contribution in [0.25, 0.3) is 0 Å². The molecule has 6 nitrogen and oxygen atoms in total. The van der Waals surface area contributed by atoms with Gasteiger partial charge in [0.05, 0.1) is 18.8 Å². The molecule has 0 spiro atoms. The number of ether oxygens (including phenoxy) is 1. The number of hydrogen-bond donors (Lipinski definition) is 3. The van der Waals surface area contributed by atoms with Crippen LogP contribution < -0.4 is 0 Å². The summed E-state index contributed by atoms with van der Waals surface area (Å²) in [6.45, 7) is 0.667. The fourth-order valence-corrected chi connectivity index (χ4v) is 4.67. The fourth-order valence-electron chi connectivity index (χ4n) is 4.67. The number of methoxy groups -OCH3 is 1. The lowest BCUT2D eigenvalue weighted by atomic mass is 9.85. The normalized spacial score (nSPS) is 22.0. The van der Waals surface area contributed by atoms with Gasteiger partial charge in [0, 0.05) is 25.9 Å². The molecule has 4 atom stereocenters. The van der Waals surface area contributed by atoms with Crippen molar-refractivity contribution in [2.75, 3.05) is 13.7 Å². The molecule has 1 saturated carbocycles. The van der Waals surface area contributed by atoms with Crippen molar-refractivity contribution in [2.24, 2.45) is 11.8 Å². The minimum absolute atomic E-state index is 0.0887. The van der Waals surface area contributed by atoms with E-state index >= 15 is 0 Å². The lowest BCUT2D eigenvalue weighted by Crippen LogP contribution is -2.23. The molecule has 174 valence electrons. The second-order valence-corrected chi connectivity index (χ2v) is 8.85. The predicted molar refractivity (Wildman–Crippen MR) is 119 cm³/mol.